The molecule has 0 bridgehead atoms. The number of halogens is 3. The number of aryl methyl sites for hydroxylation is 1. The number of alkyl halides is 3. The summed E-state index contributed by atoms with van der Waals surface area (Å²) in [5.41, 5.74) is 1.13. The largest absolute Gasteiger partial charge is 0.417 e. The molecule has 146 valence electrons. The quantitative estimate of drug-likeness (QED) is 0.368. The Morgan fingerprint density at radius 3 is 2.15 bits per heavy atom. The number of benzene rings is 1. The van der Waals surface area contributed by atoms with E-state index in [-0.39, 0.29) is 11.3 Å². The van der Waals surface area contributed by atoms with Gasteiger partial charge in [0.1, 0.15) is 0 Å². The fourth-order valence-corrected chi connectivity index (χ4v) is 2.03. The number of anilines is 1. The van der Waals surface area contributed by atoms with Gasteiger partial charge in [-0.1, -0.05) is 18.2 Å². The normalized spacial score (nSPS) is 11.0. The second kappa shape index (κ2) is 9.70. The maximum Gasteiger partial charge on any atom is 0.417 e. The molecule has 0 aliphatic heterocycles. The zero-order valence-electron chi connectivity index (χ0n) is 15.2. The Balaban J connectivity index is 0.000000646. The monoisotopic (exact) mass is 381 g/mol. The summed E-state index contributed by atoms with van der Waals surface area (Å²) < 4.78 is 39.5. The van der Waals surface area contributed by atoms with Crippen LogP contribution in [0.3, 0.4) is 0 Å². The molecule has 1 heterocycles. The third kappa shape index (κ3) is 7.08. The second-order valence-electron chi connectivity index (χ2n) is 5.71. The van der Waals surface area contributed by atoms with Crippen molar-refractivity contribution in [1.29, 1.82) is 0 Å². The Morgan fingerprint density at radius 1 is 1.07 bits per heavy atom. The molecule has 1 aromatic heterocycles. The molecule has 1 amide bonds. The van der Waals surface area contributed by atoms with Crippen molar-refractivity contribution >= 4 is 24.2 Å². The molecular weight excluding hydrogens is 359 g/mol. The molecule has 2 aromatic rings. The van der Waals surface area contributed by atoms with E-state index in [9.17, 15) is 18.0 Å². The Hall–Kier alpha value is -2.91. The highest BCUT2D eigenvalue weighted by Crippen LogP contribution is 2.36. The highest BCUT2D eigenvalue weighted by atomic mass is 19.4. The maximum atomic E-state index is 13.2. The van der Waals surface area contributed by atoms with Gasteiger partial charge >= 0.3 is 6.18 Å². The Labute approximate surface area is 155 Å². The standard InChI is InChI=1S/C16H16F3N3.C2H6N2O/c1-11-6-7-12(21-10-11)8-9-13-14(16(17,18)19)4-3-5-15(13)22(2)20;1-4(3)2-5/h3-10H,20H2,1-2H3;2H,3H2,1H3/b9-8+;. The number of rotatable bonds is 4. The molecule has 0 spiro atoms. The van der Waals surface area contributed by atoms with Gasteiger partial charge in [0.2, 0.25) is 6.41 Å². The average Bonchev–Trinajstić information content (AvgIpc) is 2.60. The second-order valence-corrected chi connectivity index (χ2v) is 5.71. The number of hydrogen-bond donors (Lipinski definition) is 2. The molecule has 27 heavy (non-hydrogen) atoms. The van der Waals surface area contributed by atoms with Crippen LogP contribution in [0.15, 0.2) is 36.5 Å². The first-order chi connectivity index (χ1) is 12.6. The lowest BCUT2D eigenvalue weighted by Crippen LogP contribution is -2.26. The summed E-state index contributed by atoms with van der Waals surface area (Å²) in [5, 5.41) is 2.11. The van der Waals surface area contributed by atoms with Gasteiger partial charge in [-0.2, -0.15) is 13.2 Å². The van der Waals surface area contributed by atoms with Crippen LogP contribution in [0.2, 0.25) is 0 Å². The van der Waals surface area contributed by atoms with Crippen molar-refractivity contribution in [3.63, 3.8) is 0 Å². The summed E-state index contributed by atoms with van der Waals surface area (Å²) in [7, 11) is 2.96. The fourth-order valence-electron chi connectivity index (χ4n) is 2.03. The Kier molecular flexibility index (Phi) is 7.95. The number of hydrogen-bond acceptors (Lipinski definition) is 5. The van der Waals surface area contributed by atoms with Crippen LogP contribution in [0, 0.1) is 6.92 Å². The molecule has 0 radical (unpaired) electrons. The van der Waals surface area contributed by atoms with Gasteiger partial charge in [0.15, 0.2) is 0 Å². The minimum atomic E-state index is -4.45. The zero-order valence-corrected chi connectivity index (χ0v) is 15.2. The molecule has 9 heteroatoms. The molecular formula is C18H22F3N5O. The van der Waals surface area contributed by atoms with Crippen LogP contribution >= 0.6 is 0 Å². The highest BCUT2D eigenvalue weighted by Gasteiger charge is 2.33. The number of carbonyl (C=O) groups is 1. The van der Waals surface area contributed by atoms with Crippen LogP contribution in [0.4, 0.5) is 18.9 Å². The predicted molar refractivity (Wildman–Crippen MR) is 100.0 cm³/mol. The summed E-state index contributed by atoms with van der Waals surface area (Å²) in [6, 6.07) is 7.50. The third-order valence-electron chi connectivity index (χ3n) is 3.29. The van der Waals surface area contributed by atoms with Gasteiger partial charge < -0.3 is 5.01 Å². The van der Waals surface area contributed by atoms with Crippen molar-refractivity contribution in [2.24, 2.45) is 11.7 Å². The molecule has 0 fully saturated rings. The fraction of sp³-hybridized carbons (Fsp3) is 0.222. The molecule has 0 aliphatic rings. The number of pyridine rings is 1. The number of hydrazine groups is 2. The van der Waals surface area contributed by atoms with Crippen molar-refractivity contribution in [2.75, 3.05) is 19.1 Å². The number of nitrogens with zero attached hydrogens (tertiary/aromatic N) is 3. The first kappa shape index (κ1) is 22.1. The van der Waals surface area contributed by atoms with Crippen LogP contribution in [0.5, 0.6) is 0 Å². The van der Waals surface area contributed by atoms with Crippen LogP contribution in [0.25, 0.3) is 12.2 Å². The number of carbonyl (C=O) groups excluding carboxylic acids is 1. The van der Waals surface area contributed by atoms with E-state index in [2.05, 4.69) is 4.98 Å². The summed E-state index contributed by atoms with van der Waals surface area (Å²) in [4.78, 5) is 13.5. The van der Waals surface area contributed by atoms with E-state index in [1.807, 2.05) is 13.0 Å². The van der Waals surface area contributed by atoms with E-state index in [1.165, 1.54) is 38.4 Å². The van der Waals surface area contributed by atoms with Gasteiger partial charge in [-0.05, 0) is 36.8 Å². The SMILES string of the molecule is CN(N)C=O.Cc1ccc(/C=C/c2c(N(C)N)cccc2C(F)(F)F)nc1. The smallest absolute Gasteiger partial charge is 0.314 e. The summed E-state index contributed by atoms with van der Waals surface area (Å²) in [6.07, 6.45) is 0.661. The molecule has 0 saturated carbocycles. The van der Waals surface area contributed by atoms with Gasteiger partial charge in [-0.3, -0.25) is 14.8 Å². The van der Waals surface area contributed by atoms with E-state index in [1.54, 1.807) is 12.3 Å². The van der Waals surface area contributed by atoms with Crippen LogP contribution in [0.1, 0.15) is 22.4 Å². The minimum Gasteiger partial charge on any atom is -0.314 e. The zero-order chi connectivity index (χ0) is 20.6. The molecule has 6 nitrogen and oxygen atoms in total. The lowest BCUT2D eigenvalue weighted by Gasteiger charge is -2.19. The first-order valence-electron chi connectivity index (χ1n) is 7.78. The van der Waals surface area contributed by atoms with Crippen molar-refractivity contribution in [3.8, 4) is 0 Å². The number of aromatic nitrogens is 1. The van der Waals surface area contributed by atoms with E-state index in [0.29, 0.717) is 12.1 Å². The van der Waals surface area contributed by atoms with Crippen LogP contribution < -0.4 is 16.7 Å². The molecule has 4 N–H and O–H groups in total. The molecule has 1 aromatic carbocycles. The minimum absolute atomic E-state index is 0.0161. The van der Waals surface area contributed by atoms with Gasteiger partial charge in [-0.15, -0.1) is 0 Å². The van der Waals surface area contributed by atoms with Gasteiger partial charge in [0, 0.05) is 25.9 Å². The maximum absolute atomic E-state index is 13.2. The molecule has 0 atom stereocenters. The van der Waals surface area contributed by atoms with Crippen molar-refractivity contribution < 1.29 is 18.0 Å². The lowest BCUT2D eigenvalue weighted by atomic mass is 10.0. The van der Waals surface area contributed by atoms with Crippen LogP contribution in [-0.4, -0.2) is 30.5 Å². The van der Waals surface area contributed by atoms with E-state index in [0.717, 1.165) is 21.6 Å². The van der Waals surface area contributed by atoms with Gasteiger partial charge in [0.05, 0.1) is 16.9 Å². The molecule has 0 saturated heterocycles. The third-order valence-corrected chi connectivity index (χ3v) is 3.29. The van der Waals surface area contributed by atoms with E-state index >= 15 is 0 Å². The molecule has 2 rings (SSSR count). The van der Waals surface area contributed by atoms with Crippen molar-refractivity contribution in [1.82, 2.24) is 9.99 Å². The van der Waals surface area contributed by atoms with Crippen molar-refractivity contribution in [2.45, 2.75) is 13.1 Å². The predicted octanol–water partition coefficient (Wildman–Crippen LogP) is 2.84. The van der Waals surface area contributed by atoms with Crippen molar-refractivity contribution in [3.05, 3.63) is 58.9 Å². The summed E-state index contributed by atoms with van der Waals surface area (Å²) in [6.45, 7) is 1.89. The topological polar surface area (TPSA) is 88.5 Å². The number of nitrogens with two attached hydrogens (primary N) is 2. The van der Waals surface area contributed by atoms with Crippen LogP contribution in [-0.2, 0) is 11.0 Å². The highest BCUT2D eigenvalue weighted by molar-refractivity contribution is 5.78. The summed E-state index contributed by atoms with van der Waals surface area (Å²) >= 11 is 0. The number of amides is 1. The summed E-state index contributed by atoms with van der Waals surface area (Å²) in [5.74, 6) is 10.4. The first-order valence-corrected chi connectivity index (χ1v) is 7.78. The molecule has 0 aliphatic carbocycles. The lowest BCUT2D eigenvalue weighted by molar-refractivity contribution is -0.137. The van der Waals surface area contributed by atoms with E-state index < -0.39 is 11.7 Å². The average molecular weight is 381 g/mol. The van der Waals surface area contributed by atoms with E-state index in [4.69, 9.17) is 11.7 Å². The van der Waals surface area contributed by atoms with Gasteiger partial charge in [0.25, 0.3) is 0 Å². The van der Waals surface area contributed by atoms with Gasteiger partial charge in [-0.25, -0.2) is 11.7 Å². The Morgan fingerprint density at radius 2 is 1.70 bits per heavy atom. The Bertz CT molecular complexity index is 772. The molecule has 0 unspecified atom stereocenters.